The van der Waals surface area contributed by atoms with Crippen molar-refractivity contribution in [3.8, 4) is 0 Å². The molecule has 100 valence electrons. The van der Waals surface area contributed by atoms with E-state index in [1.165, 1.54) is 0 Å². The Balaban J connectivity index is 0.000000550. The molecule has 0 unspecified atom stereocenters. The molecule has 1 N–H and O–H groups in total. The zero-order valence-electron chi connectivity index (χ0n) is 11.1. The molecule has 0 saturated heterocycles. The molecule has 0 heterocycles. The first-order chi connectivity index (χ1) is 9.10. The van der Waals surface area contributed by atoms with Crippen LogP contribution in [-0.4, -0.2) is 17.5 Å². The zero-order valence-corrected chi connectivity index (χ0v) is 12.0. The Morgan fingerprint density at radius 2 is 1.63 bits per heavy atom. The molecule has 0 spiro atoms. The van der Waals surface area contributed by atoms with Crippen molar-refractivity contribution in [1.29, 1.82) is 0 Å². The molecule has 0 saturated carbocycles. The third kappa shape index (κ3) is 4.54. The monoisotopic (exact) mass is 274 g/mol. The summed E-state index contributed by atoms with van der Waals surface area (Å²) in [5.41, 5.74) is 2.50. The van der Waals surface area contributed by atoms with E-state index >= 15 is 0 Å². The molecule has 0 atom stereocenters. The van der Waals surface area contributed by atoms with E-state index < -0.39 is 0 Å². The first-order valence-corrected chi connectivity index (χ1v) is 6.55. The number of thiol groups is 1. The van der Waals surface area contributed by atoms with Gasteiger partial charge in [0.1, 0.15) is 0 Å². The Labute approximate surface area is 119 Å². The molecular formula is C16H18O2S. The summed E-state index contributed by atoms with van der Waals surface area (Å²) < 4.78 is 0. The predicted molar refractivity (Wildman–Crippen MR) is 81.1 cm³/mol. The Morgan fingerprint density at radius 3 is 2.16 bits per heavy atom. The van der Waals surface area contributed by atoms with Gasteiger partial charge in [0.05, 0.1) is 0 Å². The molecule has 2 rings (SSSR count). The fraction of sp³-hybridized carbons (Fsp3) is 0.188. The van der Waals surface area contributed by atoms with Crippen LogP contribution >= 0.6 is 12.6 Å². The van der Waals surface area contributed by atoms with Crippen molar-refractivity contribution in [2.75, 3.05) is 6.61 Å². The smallest absolute Gasteiger partial charge is 0.194 e. The largest absolute Gasteiger partial charge is 0.397 e. The van der Waals surface area contributed by atoms with Gasteiger partial charge in [0, 0.05) is 22.6 Å². The van der Waals surface area contributed by atoms with E-state index in [0.717, 1.165) is 5.56 Å². The van der Waals surface area contributed by atoms with E-state index in [1.54, 1.807) is 13.0 Å². The van der Waals surface area contributed by atoms with Gasteiger partial charge in [-0.15, -0.1) is 12.6 Å². The van der Waals surface area contributed by atoms with Crippen LogP contribution in [0.15, 0.2) is 53.4 Å². The van der Waals surface area contributed by atoms with Crippen LogP contribution in [0.2, 0.25) is 0 Å². The van der Waals surface area contributed by atoms with Gasteiger partial charge in [0.15, 0.2) is 5.78 Å². The maximum atomic E-state index is 12.1. The number of benzene rings is 2. The molecule has 3 heteroatoms. The quantitative estimate of drug-likeness (QED) is 0.649. The molecule has 0 bridgehead atoms. The summed E-state index contributed by atoms with van der Waals surface area (Å²) in [7, 11) is 0. The molecule has 0 amide bonds. The van der Waals surface area contributed by atoms with Crippen LogP contribution in [0, 0.1) is 6.92 Å². The average molecular weight is 274 g/mol. The first-order valence-electron chi connectivity index (χ1n) is 6.10. The highest BCUT2D eigenvalue weighted by molar-refractivity contribution is 7.80. The van der Waals surface area contributed by atoms with Crippen molar-refractivity contribution in [1.82, 2.24) is 0 Å². The van der Waals surface area contributed by atoms with Gasteiger partial charge < -0.3 is 5.11 Å². The van der Waals surface area contributed by atoms with Gasteiger partial charge in [0.2, 0.25) is 0 Å². The van der Waals surface area contributed by atoms with Crippen molar-refractivity contribution in [3.05, 3.63) is 65.2 Å². The van der Waals surface area contributed by atoms with Crippen molar-refractivity contribution in [2.24, 2.45) is 0 Å². The highest BCUT2D eigenvalue weighted by Crippen LogP contribution is 2.17. The number of carbonyl (C=O) groups excluding carboxylic acids is 1. The summed E-state index contributed by atoms with van der Waals surface area (Å²) >= 11 is 4.29. The van der Waals surface area contributed by atoms with E-state index in [-0.39, 0.29) is 12.4 Å². The third-order valence-electron chi connectivity index (χ3n) is 2.46. The minimum absolute atomic E-state index is 0.0191. The second-order valence-electron chi connectivity index (χ2n) is 4.03. The molecule has 0 aliphatic rings. The lowest BCUT2D eigenvalue weighted by molar-refractivity contribution is 0.103. The average Bonchev–Trinajstić information content (AvgIpc) is 2.40. The van der Waals surface area contributed by atoms with Gasteiger partial charge >= 0.3 is 0 Å². The number of aliphatic hydroxyl groups is 1. The van der Waals surface area contributed by atoms with Gasteiger partial charge in [-0.2, -0.15) is 0 Å². The van der Waals surface area contributed by atoms with E-state index in [2.05, 4.69) is 12.6 Å². The molecule has 0 aromatic heterocycles. The number of hydrogen-bond acceptors (Lipinski definition) is 3. The summed E-state index contributed by atoms with van der Waals surface area (Å²) in [4.78, 5) is 12.8. The Morgan fingerprint density at radius 1 is 1.11 bits per heavy atom. The second-order valence-corrected chi connectivity index (χ2v) is 4.51. The Bertz CT molecular complexity index is 533. The van der Waals surface area contributed by atoms with E-state index in [0.29, 0.717) is 16.0 Å². The SMILES string of the molecule is CCO.Cc1ccc(C(=O)c2ccccc2S)cc1. The van der Waals surface area contributed by atoms with Crippen molar-refractivity contribution < 1.29 is 9.90 Å². The van der Waals surface area contributed by atoms with Crippen LogP contribution in [0.5, 0.6) is 0 Å². The van der Waals surface area contributed by atoms with Gasteiger partial charge in [-0.3, -0.25) is 4.79 Å². The minimum atomic E-state index is 0.0191. The summed E-state index contributed by atoms with van der Waals surface area (Å²) in [5.74, 6) is 0.0191. The van der Waals surface area contributed by atoms with Crippen LogP contribution in [0.3, 0.4) is 0 Å². The molecule has 2 aromatic carbocycles. The number of aliphatic hydroxyl groups excluding tert-OH is 1. The highest BCUT2D eigenvalue weighted by atomic mass is 32.1. The number of rotatable bonds is 2. The topological polar surface area (TPSA) is 37.3 Å². The van der Waals surface area contributed by atoms with Crippen LogP contribution < -0.4 is 0 Å². The third-order valence-corrected chi connectivity index (χ3v) is 2.85. The number of ketones is 1. The van der Waals surface area contributed by atoms with Gasteiger partial charge in [-0.1, -0.05) is 42.0 Å². The molecular weight excluding hydrogens is 256 g/mol. The fourth-order valence-corrected chi connectivity index (χ4v) is 1.79. The summed E-state index contributed by atoms with van der Waals surface area (Å²) in [6.45, 7) is 3.93. The minimum Gasteiger partial charge on any atom is -0.397 e. The Hall–Kier alpha value is -1.58. The lowest BCUT2D eigenvalue weighted by atomic mass is 10.0. The molecule has 0 fully saturated rings. The highest BCUT2D eigenvalue weighted by Gasteiger charge is 2.10. The van der Waals surface area contributed by atoms with E-state index in [1.807, 2.05) is 49.4 Å². The van der Waals surface area contributed by atoms with Crippen LogP contribution in [0.1, 0.15) is 28.4 Å². The van der Waals surface area contributed by atoms with Crippen molar-refractivity contribution >= 4 is 18.4 Å². The molecule has 0 aliphatic heterocycles. The zero-order chi connectivity index (χ0) is 14.3. The summed E-state index contributed by atoms with van der Waals surface area (Å²) in [6.07, 6.45) is 0. The summed E-state index contributed by atoms with van der Waals surface area (Å²) in [6, 6.07) is 14.9. The lowest BCUT2D eigenvalue weighted by Crippen LogP contribution is -2.02. The Kier molecular flexibility index (Phi) is 6.33. The van der Waals surface area contributed by atoms with E-state index in [9.17, 15) is 4.79 Å². The first kappa shape index (κ1) is 15.5. The molecule has 0 radical (unpaired) electrons. The van der Waals surface area contributed by atoms with E-state index in [4.69, 9.17) is 5.11 Å². The molecule has 19 heavy (non-hydrogen) atoms. The molecule has 2 aromatic rings. The number of hydrogen-bond donors (Lipinski definition) is 2. The number of aryl methyl sites for hydroxylation is 1. The number of carbonyl (C=O) groups is 1. The maximum Gasteiger partial charge on any atom is 0.194 e. The predicted octanol–water partition coefficient (Wildman–Crippen LogP) is 3.51. The van der Waals surface area contributed by atoms with Crippen LogP contribution in [-0.2, 0) is 0 Å². The van der Waals surface area contributed by atoms with Crippen molar-refractivity contribution in [3.63, 3.8) is 0 Å². The maximum absolute atomic E-state index is 12.1. The standard InChI is InChI=1S/C14H12OS.C2H6O/c1-10-6-8-11(9-7-10)14(15)12-4-2-3-5-13(12)16;1-2-3/h2-9,16H,1H3;3H,2H2,1H3. The molecule has 0 aliphatic carbocycles. The van der Waals surface area contributed by atoms with Crippen LogP contribution in [0.25, 0.3) is 0 Å². The van der Waals surface area contributed by atoms with Crippen molar-refractivity contribution in [2.45, 2.75) is 18.7 Å². The van der Waals surface area contributed by atoms with Crippen LogP contribution in [0.4, 0.5) is 0 Å². The normalized spacial score (nSPS) is 9.47. The molecule has 2 nitrogen and oxygen atoms in total. The second kappa shape index (κ2) is 7.77. The van der Waals surface area contributed by atoms with Gasteiger partial charge in [-0.25, -0.2) is 0 Å². The van der Waals surface area contributed by atoms with Gasteiger partial charge in [-0.05, 0) is 26.0 Å². The fourth-order valence-electron chi connectivity index (χ4n) is 1.53. The summed E-state index contributed by atoms with van der Waals surface area (Å²) in [5, 5.41) is 7.57. The lowest BCUT2D eigenvalue weighted by Gasteiger charge is -2.04. The van der Waals surface area contributed by atoms with Gasteiger partial charge in [0.25, 0.3) is 0 Å².